The maximum Gasteiger partial charge on any atom is 0.334 e. The van der Waals surface area contributed by atoms with Crippen molar-refractivity contribution in [3.63, 3.8) is 0 Å². The highest BCUT2D eigenvalue weighted by molar-refractivity contribution is 6.06. The van der Waals surface area contributed by atoms with Gasteiger partial charge in [0.25, 0.3) is 11.6 Å². The SMILES string of the molecule is CC(C)c1noc2nc(C3CC3)cc(C(=O)N3CC(C(=O)O)O[C@H](C)C3)c12. The van der Waals surface area contributed by atoms with Gasteiger partial charge in [0.15, 0.2) is 6.10 Å². The molecule has 1 saturated heterocycles. The number of carboxylic acids is 1. The summed E-state index contributed by atoms with van der Waals surface area (Å²) in [5.74, 6) is -0.868. The number of fused-ring (bicyclic) bond motifs is 1. The van der Waals surface area contributed by atoms with Gasteiger partial charge >= 0.3 is 5.97 Å². The van der Waals surface area contributed by atoms with Crippen molar-refractivity contribution in [2.24, 2.45) is 0 Å². The van der Waals surface area contributed by atoms with Crippen LogP contribution in [-0.2, 0) is 9.53 Å². The first-order chi connectivity index (χ1) is 12.8. The summed E-state index contributed by atoms with van der Waals surface area (Å²) in [5.41, 5.74) is 2.40. The maximum absolute atomic E-state index is 13.4. The molecule has 8 heteroatoms. The van der Waals surface area contributed by atoms with Gasteiger partial charge in [-0.25, -0.2) is 9.78 Å². The number of ether oxygens (including phenoxy) is 1. The summed E-state index contributed by atoms with van der Waals surface area (Å²) in [6.07, 6.45) is 0.723. The van der Waals surface area contributed by atoms with Crippen LogP contribution in [0.5, 0.6) is 0 Å². The molecule has 1 unspecified atom stereocenters. The number of morpholine rings is 1. The number of rotatable bonds is 4. The van der Waals surface area contributed by atoms with Gasteiger partial charge in [0.05, 0.1) is 29.3 Å². The Morgan fingerprint density at radius 1 is 1.30 bits per heavy atom. The second-order valence-corrected chi connectivity index (χ2v) is 7.76. The number of aromatic nitrogens is 2. The Hall–Kier alpha value is -2.48. The van der Waals surface area contributed by atoms with Crippen molar-refractivity contribution in [3.05, 3.63) is 23.0 Å². The van der Waals surface area contributed by atoms with Crippen molar-refractivity contribution in [1.82, 2.24) is 15.0 Å². The molecule has 2 atom stereocenters. The van der Waals surface area contributed by atoms with E-state index in [1.807, 2.05) is 19.9 Å². The fourth-order valence-electron chi connectivity index (χ4n) is 3.57. The fraction of sp³-hybridized carbons (Fsp3) is 0.579. The third kappa shape index (κ3) is 3.29. The molecular weight excluding hydrogens is 350 g/mol. The van der Waals surface area contributed by atoms with E-state index >= 15 is 0 Å². The van der Waals surface area contributed by atoms with Crippen LogP contribution in [0.1, 0.15) is 67.2 Å². The monoisotopic (exact) mass is 373 g/mol. The molecule has 1 aliphatic heterocycles. The van der Waals surface area contributed by atoms with E-state index in [1.54, 1.807) is 11.8 Å². The largest absolute Gasteiger partial charge is 0.479 e. The fourth-order valence-corrected chi connectivity index (χ4v) is 3.57. The lowest BCUT2D eigenvalue weighted by Crippen LogP contribution is -2.51. The van der Waals surface area contributed by atoms with Crippen LogP contribution in [0.2, 0.25) is 0 Å². The van der Waals surface area contributed by atoms with Crippen LogP contribution >= 0.6 is 0 Å². The number of pyridine rings is 1. The average Bonchev–Trinajstić information content (AvgIpc) is 3.38. The molecule has 1 amide bonds. The lowest BCUT2D eigenvalue weighted by molar-refractivity contribution is -0.160. The van der Waals surface area contributed by atoms with E-state index in [1.165, 1.54) is 0 Å². The van der Waals surface area contributed by atoms with Gasteiger partial charge in [0.2, 0.25) is 0 Å². The number of carbonyl (C=O) groups is 2. The third-order valence-electron chi connectivity index (χ3n) is 5.09. The van der Waals surface area contributed by atoms with Gasteiger partial charge < -0.3 is 19.3 Å². The Kier molecular flexibility index (Phi) is 4.38. The van der Waals surface area contributed by atoms with Gasteiger partial charge in [0, 0.05) is 18.2 Å². The molecule has 1 N–H and O–H groups in total. The molecule has 2 aromatic rings. The molecule has 2 aromatic heterocycles. The van der Waals surface area contributed by atoms with Crippen LogP contribution < -0.4 is 0 Å². The summed E-state index contributed by atoms with van der Waals surface area (Å²) in [5, 5.41) is 14.1. The molecule has 0 aromatic carbocycles. The van der Waals surface area contributed by atoms with E-state index in [0.29, 0.717) is 34.8 Å². The van der Waals surface area contributed by atoms with Gasteiger partial charge in [-0.05, 0) is 31.7 Å². The molecule has 144 valence electrons. The number of hydrogen-bond acceptors (Lipinski definition) is 6. The van der Waals surface area contributed by atoms with Crippen LogP contribution in [0.25, 0.3) is 11.1 Å². The second-order valence-electron chi connectivity index (χ2n) is 7.76. The molecule has 27 heavy (non-hydrogen) atoms. The zero-order chi connectivity index (χ0) is 19.3. The van der Waals surface area contributed by atoms with Crippen molar-refractivity contribution >= 4 is 23.0 Å². The highest BCUT2D eigenvalue weighted by Crippen LogP contribution is 2.41. The number of amides is 1. The van der Waals surface area contributed by atoms with Crippen molar-refractivity contribution < 1.29 is 24.0 Å². The number of carbonyl (C=O) groups excluding carboxylic acids is 1. The molecule has 2 aliphatic rings. The van der Waals surface area contributed by atoms with Crippen LogP contribution in [0.3, 0.4) is 0 Å². The molecule has 4 rings (SSSR count). The third-order valence-corrected chi connectivity index (χ3v) is 5.09. The number of hydrogen-bond donors (Lipinski definition) is 1. The average molecular weight is 373 g/mol. The maximum atomic E-state index is 13.4. The van der Waals surface area contributed by atoms with Gasteiger partial charge in [-0.1, -0.05) is 19.0 Å². The van der Waals surface area contributed by atoms with Crippen molar-refractivity contribution in [2.75, 3.05) is 13.1 Å². The summed E-state index contributed by atoms with van der Waals surface area (Å²) in [4.78, 5) is 30.9. The van der Waals surface area contributed by atoms with E-state index in [9.17, 15) is 14.7 Å². The minimum Gasteiger partial charge on any atom is -0.479 e. The Balaban J connectivity index is 1.77. The van der Waals surface area contributed by atoms with Crippen LogP contribution in [0.15, 0.2) is 10.6 Å². The first kappa shape index (κ1) is 17.9. The highest BCUT2D eigenvalue weighted by Gasteiger charge is 2.35. The first-order valence-corrected chi connectivity index (χ1v) is 9.33. The Morgan fingerprint density at radius 3 is 2.67 bits per heavy atom. The summed E-state index contributed by atoms with van der Waals surface area (Å²) in [6.45, 7) is 6.10. The van der Waals surface area contributed by atoms with Gasteiger partial charge in [-0.2, -0.15) is 0 Å². The zero-order valence-corrected chi connectivity index (χ0v) is 15.6. The smallest absolute Gasteiger partial charge is 0.334 e. The molecule has 8 nitrogen and oxygen atoms in total. The van der Waals surface area contributed by atoms with E-state index < -0.39 is 12.1 Å². The van der Waals surface area contributed by atoms with Crippen molar-refractivity contribution in [3.8, 4) is 0 Å². The number of aliphatic carboxylic acids is 1. The molecule has 0 radical (unpaired) electrons. The molecule has 1 saturated carbocycles. The zero-order valence-electron chi connectivity index (χ0n) is 15.6. The topological polar surface area (TPSA) is 106 Å². The Labute approximate surface area is 156 Å². The lowest BCUT2D eigenvalue weighted by Gasteiger charge is -2.35. The molecule has 2 fully saturated rings. The lowest BCUT2D eigenvalue weighted by atomic mass is 10.0. The highest BCUT2D eigenvalue weighted by atomic mass is 16.5. The predicted octanol–water partition coefficient (Wildman–Crippen LogP) is 2.54. The number of carboxylic acid groups (broad SMARTS) is 1. The van der Waals surface area contributed by atoms with Crippen LogP contribution in [0.4, 0.5) is 0 Å². The van der Waals surface area contributed by atoms with Crippen molar-refractivity contribution in [1.29, 1.82) is 0 Å². The molecule has 0 bridgehead atoms. The minimum absolute atomic E-state index is 0.0172. The van der Waals surface area contributed by atoms with E-state index in [-0.39, 0.29) is 24.5 Å². The van der Waals surface area contributed by atoms with Crippen LogP contribution in [0, 0.1) is 0 Å². The Bertz CT molecular complexity index is 902. The van der Waals surface area contributed by atoms with Gasteiger partial charge in [0.1, 0.15) is 0 Å². The summed E-state index contributed by atoms with van der Waals surface area (Å²) < 4.78 is 10.9. The molecular formula is C19H23N3O5. The standard InChI is InChI=1S/C19H23N3O5/c1-9(2)16-15-12(6-13(11-4-5-11)20-17(15)27-21-16)18(23)22-7-10(3)26-14(8-22)19(24)25/h6,9-11,14H,4-5,7-8H2,1-3H3,(H,24,25)/t10-,14?/m1/s1. The molecule has 3 heterocycles. The quantitative estimate of drug-likeness (QED) is 0.878. The van der Waals surface area contributed by atoms with Crippen molar-refractivity contribution in [2.45, 2.75) is 57.7 Å². The first-order valence-electron chi connectivity index (χ1n) is 9.33. The predicted molar refractivity (Wildman–Crippen MR) is 95.7 cm³/mol. The van der Waals surface area contributed by atoms with E-state index in [0.717, 1.165) is 18.5 Å². The van der Waals surface area contributed by atoms with Gasteiger partial charge in [-0.15, -0.1) is 0 Å². The van der Waals surface area contributed by atoms with Gasteiger partial charge in [-0.3, -0.25) is 4.79 Å². The normalized spacial score (nSPS) is 23.2. The summed E-state index contributed by atoms with van der Waals surface area (Å²) in [6, 6.07) is 1.83. The molecule has 0 spiro atoms. The Morgan fingerprint density at radius 2 is 2.04 bits per heavy atom. The summed E-state index contributed by atoms with van der Waals surface area (Å²) in [7, 11) is 0. The molecule has 1 aliphatic carbocycles. The summed E-state index contributed by atoms with van der Waals surface area (Å²) >= 11 is 0. The van der Waals surface area contributed by atoms with E-state index in [2.05, 4.69) is 10.1 Å². The van der Waals surface area contributed by atoms with Crippen LogP contribution in [-0.4, -0.2) is 57.3 Å². The minimum atomic E-state index is -1.06. The number of nitrogens with zero attached hydrogens (tertiary/aromatic N) is 3. The second kappa shape index (κ2) is 6.60. The van der Waals surface area contributed by atoms with E-state index in [4.69, 9.17) is 9.26 Å².